The summed E-state index contributed by atoms with van der Waals surface area (Å²) >= 11 is 0. The number of likely N-dealkylation sites (tertiary alicyclic amines) is 1. The highest BCUT2D eigenvalue weighted by Gasteiger charge is 2.30. The van der Waals surface area contributed by atoms with E-state index in [0.29, 0.717) is 12.1 Å². The van der Waals surface area contributed by atoms with Crippen molar-refractivity contribution in [2.45, 2.75) is 31.8 Å². The SMILES string of the molecule is Bc1cc([C@@H]2CCCN2C(C)c2ccc(OC)cc2)ccn1. The highest BCUT2D eigenvalue weighted by Crippen LogP contribution is 2.38. The topological polar surface area (TPSA) is 25.4 Å². The van der Waals surface area contributed by atoms with E-state index in [2.05, 4.69) is 48.9 Å². The van der Waals surface area contributed by atoms with E-state index in [0.717, 1.165) is 17.9 Å². The lowest BCUT2D eigenvalue weighted by atomic mass is 9.96. The molecule has 0 spiro atoms. The van der Waals surface area contributed by atoms with Gasteiger partial charge in [-0.2, -0.15) is 0 Å². The quantitative estimate of drug-likeness (QED) is 0.809. The number of ether oxygens (including phenoxy) is 1. The van der Waals surface area contributed by atoms with E-state index in [1.807, 2.05) is 18.3 Å². The predicted molar refractivity (Wildman–Crippen MR) is 92.5 cm³/mol. The number of methoxy groups -OCH3 is 1. The number of pyridine rings is 1. The molecule has 1 aromatic carbocycles. The molecule has 4 heteroatoms. The van der Waals surface area contributed by atoms with Crippen LogP contribution in [0.4, 0.5) is 0 Å². The molecule has 2 aromatic rings. The summed E-state index contributed by atoms with van der Waals surface area (Å²) < 4.78 is 5.26. The largest absolute Gasteiger partial charge is 0.497 e. The second-order valence-corrected chi connectivity index (χ2v) is 6.08. The van der Waals surface area contributed by atoms with Crippen molar-refractivity contribution in [3.8, 4) is 5.75 Å². The summed E-state index contributed by atoms with van der Waals surface area (Å²) in [5, 5.41) is 0. The Morgan fingerprint density at radius 1 is 1.27 bits per heavy atom. The zero-order chi connectivity index (χ0) is 15.5. The van der Waals surface area contributed by atoms with Crippen molar-refractivity contribution in [2.75, 3.05) is 13.7 Å². The highest BCUT2D eigenvalue weighted by molar-refractivity contribution is 6.30. The monoisotopic (exact) mass is 294 g/mol. The first-order valence-corrected chi connectivity index (χ1v) is 8.01. The number of rotatable bonds is 4. The maximum Gasteiger partial charge on any atom is 0.163 e. The molecule has 1 saturated heterocycles. The second kappa shape index (κ2) is 6.53. The number of hydrogen-bond acceptors (Lipinski definition) is 3. The van der Waals surface area contributed by atoms with E-state index in [1.54, 1.807) is 7.11 Å². The van der Waals surface area contributed by atoms with Crippen LogP contribution in [0.25, 0.3) is 0 Å². The Balaban J connectivity index is 1.82. The van der Waals surface area contributed by atoms with Gasteiger partial charge in [0, 0.05) is 18.3 Å². The van der Waals surface area contributed by atoms with Crippen LogP contribution in [0.5, 0.6) is 5.75 Å². The van der Waals surface area contributed by atoms with Crippen molar-refractivity contribution in [2.24, 2.45) is 0 Å². The van der Waals surface area contributed by atoms with Gasteiger partial charge in [0.2, 0.25) is 0 Å². The minimum absolute atomic E-state index is 0.409. The van der Waals surface area contributed by atoms with Gasteiger partial charge in [0.25, 0.3) is 0 Å². The Morgan fingerprint density at radius 3 is 2.73 bits per heavy atom. The van der Waals surface area contributed by atoms with E-state index in [-0.39, 0.29) is 0 Å². The second-order valence-electron chi connectivity index (χ2n) is 6.08. The third-order valence-electron chi connectivity index (χ3n) is 4.70. The number of benzene rings is 1. The molecular weight excluding hydrogens is 271 g/mol. The van der Waals surface area contributed by atoms with Crippen LogP contribution in [0.3, 0.4) is 0 Å². The summed E-state index contributed by atoms with van der Waals surface area (Å²) in [7, 11) is 3.77. The van der Waals surface area contributed by atoms with Gasteiger partial charge in [0.15, 0.2) is 7.85 Å². The lowest BCUT2D eigenvalue weighted by molar-refractivity contribution is 0.194. The minimum Gasteiger partial charge on any atom is -0.497 e. The molecule has 2 atom stereocenters. The van der Waals surface area contributed by atoms with Crippen molar-refractivity contribution in [1.82, 2.24) is 9.88 Å². The van der Waals surface area contributed by atoms with Crippen LogP contribution in [0.1, 0.15) is 43.0 Å². The molecule has 2 heterocycles. The summed E-state index contributed by atoms with van der Waals surface area (Å²) in [6.45, 7) is 3.45. The number of hydrogen-bond donors (Lipinski definition) is 0. The first kappa shape index (κ1) is 15.1. The third-order valence-corrected chi connectivity index (χ3v) is 4.70. The van der Waals surface area contributed by atoms with Crippen molar-refractivity contribution in [1.29, 1.82) is 0 Å². The Bertz CT molecular complexity index is 629. The van der Waals surface area contributed by atoms with E-state index in [1.165, 1.54) is 24.0 Å². The average molecular weight is 294 g/mol. The molecule has 1 unspecified atom stereocenters. The molecular formula is C18H23BN2O. The molecule has 114 valence electrons. The molecule has 0 saturated carbocycles. The number of aromatic nitrogens is 1. The van der Waals surface area contributed by atoms with Crippen molar-refractivity contribution in [3.63, 3.8) is 0 Å². The van der Waals surface area contributed by atoms with Crippen molar-refractivity contribution < 1.29 is 4.74 Å². The van der Waals surface area contributed by atoms with Crippen LogP contribution >= 0.6 is 0 Å². The zero-order valence-corrected chi connectivity index (χ0v) is 13.6. The fraction of sp³-hybridized carbons (Fsp3) is 0.389. The molecule has 1 aliphatic heterocycles. The fourth-order valence-electron chi connectivity index (χ4n) is 3.46. The summed E-state index contributed by atoms with van der Waals surface area (Å²) in [6, 6.07) is 13.8. The normalized spacial score (nSPS) is 20.0. The van der Waals surface area contributed by atoms with E-state index in [9.17, 15) is 0 Å². The Labute approximate surface area is 133 Å². The first-order chi connectivity index (χ1) is 10.7. The van der Waals surface area contributed by atoms with Gasteiger partial charge in [0.1, 0.15) is 5.75 Å². The molecule has 0 amide bonds. The van der Waals surface area contributed by atoms with Crippen LogP contribution < -0.4 is 10.3 Å². The number of nitrogens with zero attached hydrogens (tertiary/aromatic N) is 2. The molecule has 0 bridgehead atoms. The van der Waals surface area contributed by atoms with Crippen molar-refractivity contribution >= 4 is 13.4 Å². The van der Waals surface area contributed by atoms with Gasteiger partial charge in [-0.15, -0.1) is 0 Å². The predicted octanol–water partition coefficient (Wildman–Crippen LogP) is 2.25. The van der Waals surface area contributed by atoms with Gasteiger partial charge in [0.05, 0.1) is 7.11 Å². The maximum atomic E-state index is 5.26. The smallest absolute Gasteiger partial charge is 0.163 e. The van der Waals surface area contributed by atoms with Crippen molar-refractivity contribution in [3.05, 3.63) is 53.7 Å². The van der Waals surface area contributed by atoms with Gasteiger partial charge >= 0.3 is 0 Å². The van der Waals surface area contributed by atoms with Gasteiger partial charge in [-0.05, 0) is 67.3 Å². The summed E-state index contributed by atoms with van der Waals surface area (Å²) in [4.78, 5) is 6.93. The molecule has 3 rings (SSSR count). The van der Waals surface area contributed by atoms with Gasteiger partial charge in [-0.3, -0.25) is 9.88 Å². The Hall–Kier alpha value is -1.81. The lowest BCUT2D eigenvalue weighted by Crippen LogP contribution is -2.27. The Morgan fingerprint density at radius 2 is 2.05 bits per heavy atom. The van der Waals surface area contributed by atoms with Gasteiger partial charge in [-0.25, -0.2) is 0 Å². The molecule has 1 aromatic heterocycles. The maximum absolute atomic E-state index is 5.26. The molecule has 0 N–H and O–H groups in total. The van der Waals surface area contributed by atoms with Crippen LogP contribution in [0.2, 0.25) is 0 Å². The van der Waals surface area contributed by atoms with Gasteiger partial charge in [-0.1, -0.05) is 12.1 Å². The van der Waals surface area contributed by atoms with Crippen LogP contribution in [0.15, 0.2) is 42.6 Å². The molecule has 1 fully saturated rings. The lowest BCUT2D eigenvalue weighted by Gasteiger charge is -2.31. The summed E-state index contributed by atoms with van der Waals surface area (Å²) in [5.74, 6) is 0.915. The molecule has 0 radical (unpaired) electrons. The standard InChI is InChI=1S/C18H23BN2O/c1-13(14-5-7-16(22-2)8-6-14)21-11-3-4-17(21)15-9-10-20-18(19)12-15/h5-10,12-13,17H,3-4,11,19H2,1-2H3/t13?,17-/m0/s1. The van der Waals surface area contributed by atoms with E-state index < -0.39 is 0 Å². The molecule has 3 nitrogen and oxygen atoms in total. The van der Waals surface area contributed by atoms with E-state index in [4.69, 9.17) is 4.74 Å². The van der Waals surface area contributed by atoms with Crippen LogP contribution in [-0.2, 0) is 0 Å². The Kier molecular flexibility index (Phi) is 4.48. The average Bonchev–Trinajstić information content (AvgIpc) is 3.04. The third kappa shape index (κ3) is 3.02. The fourth-order valence-corrected chi connectivity index (χ4v) is 3.46. The molecule has 0 aliphatic carbocycles. The molecule has 1 aliphatic rings. The van der Waals surface area contributed by atoms with Crippen LogP contribution in [-0.4, -0.2) is 31.4 Å². The van der Waals surface area contributed by atoms with E-state index >= 15 is 0 Å². The first-order valence-electron chi connectivity index (χ1n) is 8.01. The summed E-state index contributed by atoms with van der Waals surface area (Å²) in [6.07, 6.45) is 4.41. The summed E-state index contributed by atoms with van der Waals surface area (Å²) in [5.41, 5.74) is 3.84. The molecule has 22 heavy (non-hydrogen) atoms. The highest BCUT2D eigenvalue weighted by atomic mass is 16.5. The van der Waals surface area contributed by atoms with Crippen LogP contribution in [0, 0.1) is 0 Å². The van der Waals surface area contributed by atoms with Gasteiger partial charge < -0.3 is 4.74 Å². The zero-order valence-electron chi connectivity index (χ0n) is 13.6. The minimum atomic E-state index is 0.409.